The van der Waals surface area contributed by atoms with Crippen LogP contribution in [-0.4, -0.2) is 50.0 Å². The lowest BCUT2D eigenvalue weighted by atomic mass is 10.2. The van der Waals surface area contributed by atoms with Crippen LogP contribution >= 0.6 is 0 Å². The highest BCUT2D eigenvalue weighted by molar-refractivity contribution is 5.92. The van der Waals surface area contributed by atoms with E-state index in [9.17, 15) is 9.59 Å². The van der Waals surface area contributed by atoms with Crippen molar-refractivity contribution in [3.05, 3.63) is 24.3 Å². The summed E-state index contributed by atoms with van der Waals surface area (Å²) in [5.74, 6) is 0.428. The number of amides is 2. The standard InChI is InChI=1S/C16H25N3O3/c1-5-12(2)17-15(20)10-19(3)11-16(21)18-13-7-6-8-14(9-13)22-4/h6-9,12H,5,10-11H2,1-4H3,(H,17,20)(H,18,21)/t12-/m0/s1. The Kier molecular flexibility index (Phi) is 7.39. The molecule has 0 saturated heterocycles. The predicted molar refractivity (Wildman–Crippen MR) is 87.0 cm³/mol. The van der Waals surface area contributed by atoms with Gasteiger partial charge in [-0.15, -0.1) is 0 Å². The van der Waals surface area contributed by atoms with Crippen molar-refractivity contribution in [2.45, 2.75) is 26.3 Å². The second-order valence-corrected chi connectivity index (χ2v) is 5.33. The third-order valence-corrected chi connectivity index (χ3v) is 3.20. The Balaban J connectivity index is 2.42. The molecular formula is C16H25N3O3. The number of carbonyl (C=O) groups excluding carboxylic acids is 2. The third kappa shape index (κ3) is 6.58. The molecule has 0 spiro atoms. The monoisotopic (exact) mass is 307 g/mol. The van der Waals surface area contributed by atoms with Crippen LogP contribution in [0.25, 0.3) is 0 Å². The van der Waals surface area contributed by atoms with Gasteiger partial charge in [-0.05, 0) is 32.5 Å². The van der Waals surface area contributed by atoms with Crippen molar-refractivity contribution in [1.29, 1.82) is 0 Å². The first-order valence-electron chi connectivity index (χ1n) is 7.36. The minimum Gasteiger partial charge on any atom is -0.497 e. The fraction of sp³-hybridized carbons (Fsp3) is 0.500. The van der Waals surface area contributed by atoms with E-state index in [-0.39, 0.29) is 30.9 Å². The van der Waals surface area contributed by atoms with Gasteiger partial charge < -0.3 is 15.4 Å². The average Bonchev–Trinajstić information content (AvgIpc) is 2.46. The summed E-state index contributed by atoms with van der Waals surface area (Å²) >= 11 is 0. The molecule has 0 aliphatic heterocycles. The van der Waals surface area contributed by atoms with E-state index in [2.05, 4.69) is 10.6 Å². The van der Waals surface area contributed by atoms with E-state index in [1.165, 1.54) is 0 Å². The maximum atomic E-state index is 12.0. The van der Waals surface area contributed by atoms with Crippen molar-refractivity contribution < 1.29 is 14.3 Å². The van der Waals surface area contributed by atoms with Crippen molar-refractivity contribution in [2.24, 2.45) is 0 Å². The van der Waals surface area contributed by atoms with E-state index >= 15 is 0 Å². The number of methoxy groups -OCH3 is 1. The summed E-state index contributed by atoms with van der Waals surface area (Å²) in [6, 6.07) is 7.29. The fourth-order valence-electron chi connectivity index (χ4n) is 1.87. The molecule has 1 aromatic carbocycles. The number of nitrogens with zero attached hydrogens (tertiary/aromatic N) is 1. The van der Waals surface area contributed by atoms with Crippen molar-refractivity contribution >= 4 is 17.5 Å². The summed E-state index contributed by atoms with van der Waals surface area (Å²) in [4.78, 5) is 25.4. The molecule has 2 N–H and O–H groups in total. The SMILES string of the molecule is CC[C@H](C)NC(=O)CN(C)CC(=O)Nc1cccc(OC)c1. The maximum absolute atomic E-state index is 12.0. The van der Waals surface area contributed by atoms with Gasteiger partial charge in [-0.1, -0.05) is 13.0 Å². The molecule has 122 valence electrons. The van der Waals surface area contributed by atoms with Crippen LogP contribution in [-0.2, 0) is 9.59 Å². The topological polar surface area (TPSA) is 70.7 Å². The average molecular weight is 307 g/mol. The van der Waals surface area contributed by atoms with Gasteiger partial charge in [0.2, 0.25) is 11.8 Å². The van der Waals surface area contributed by atoms with E-state index in [0.29, 0.717) is 11.4 Å². The Morgan fingerprint density at radius 1 is 1.27 bits per heavy atom. The third-order valence-electron chi connectivity index (χ3n) is 3.20. The molecule has 1 atom stereocenters. The van der Waals surface area contributed by atoms with Gasteiger partial charge in [0.25, 0.3) is 0 Å². The number of ether oxygens (including phenoxy) is 1. The van der Waals surface area contributed by atoms with Gasteiger partial charge in [0.15, 0.2) is 0 Å². The molecule has 1 aromatic rings. The second-order valence-electron chi connectivity index (χ2n) is 5.33. The molecule has 0 radical (unpaired) electrons. The number of hydrogen-bond donors (Lipinski definition) is 2. The van der Waals surface area contributed by atoms with Gasteiger partial charge in [0.05, 0.1) is 20.2 Å². The number of carbonyl (C=O) groups is 2. The number of nitrogens with one attached hydrogen (secondary N) is 2. The summed E-state index contributed by atoms with van der Waals surface area (Å²) < 4.78 is 5.10. The lowest BCUT2D eigenvalue weighted by Gasteiger charge is -2.18. The highest BCUT2D eigenvalue weighted by Crippen LogP contribution is 2.16. The second kappa shape index (κ2) is 9.04. The van der Waals surface area contributed by atoms with Crippen LogP contribution in [0.1, 0.15) is 20.3 Å². The molecule has 22 heavy (non-hydrogen) atoms. The molecule has 0 bridgehead atoms. The van der Waals surface area contributed by atoms with Gasteiger partial charge in [-0.25, -0.2) is 0 Å². The molecule has 6 nitrogen and oxygen atoms in total. The van der Waals surface area contributed by atoms with Crippen LogP contribution in [0.15, 0.2) is 24.3 Å². The summed E-state index contributed by atoms with van der Waals surface area (Å²) in [6.45, 7) is 4.30. The molecule has 2 amide bonds. The van der Waals surface area contributed by atoms with E-state index in [0.717, 1.165) is 6.42 Å². The normalized spacial score (nSPS) is 11.9. The Bertz CT molecular complexity index is 505. The lowest BCUT2D eigenvalue weighted by molar-refractivity contribution is -0.123. The number of rotatable bonds is 8. The van der Waals surface area contributed by atoms with Crippen LogP contribution in [0.3, 0.4) is 0 Å². The Morgan fingerprint density at radius 2 is 1.95 bits per heavy atom. The smallest absolute Gasteiger partial charge is 0.238 e. The van der Waals surface area contributed by atoms with Crippen molar-refractivity contribution in [2.75, 3.05) is 32.6 Å². The highest BCUT2D eigenvalue weighted by atomic mass is 16.5. The van der Waals surface area contributed by atoms with Crippen LogP contribution in [0.5, 0.6) is 5.75 Å². The first-order chi connectivity index (χ1) is 10.4. The number of likely N-dealkylation sites (N-methyl/N-ethyl adjacent to an activating group) is 1. The van der Waals surface area contributed by atoms with E-state index in [4.69, 9.17) is 4.74 Å². The van der Waals surface area contributed by atoms with Gasteiger partial charge in [-0.3, -0.25) is 14.5 Å². The molecular weight excluding hydrogens is 282 g/mol. The lowest BCUT2D eigenvalue weighted by Crippen LogP contribution is -2.41. The number of anilines is 1. The zero-order valence-corrected chi connectivity index (χ0v) is 13.7. The van der Waals surface area contributed by atoms with Gasteiger partial charge in [0.1, 0.15) is 5.75 Å². The molecule has 0 unspecified atom stereocenters. The zero-order valence-electron chi connectivity index (χ0n) is 13.7. The van der Waals surface area contributed by atoms with Crippen molar-refractivity contribution in [3.8, 4) is 5.75 Å². The van der Waals surface area contributed by atoms with Crippen LogP contribution in [0.2, 0.25) is 0 Å². The predicted octanol–water partition coefficient (Wildman–Crippen LogP) is 1.48. The van der Waals surface area contributed by atoms with E-state index in [1.807, 2.05) is 13.8 Å². The quantitative estimate of drug-likeness (QED) is 0.763. The Labute approximate surface area is 131 Å². The van der Waals surface area contributed by atoms with Crippen LogP contribution < -0.4 is 15.4 Å². The zero-order chi connectivity index (χ0) is 16.5. The Hall–Kier alpha value is -2.08. The maximum Gasteiger partial charge on any atom is 0.238 e. The first-order valence-corrected chi connectivity index (χ1v) is 7.36. The molecule has 1 rings (SSSR count). The molecule has 0 aliphatic rings. The Morgan fingerprint density at radius 3 is 2.59 bits per heavy atom. The molecule has 6 heteroatoms. The summed E-state index contributed by atoms with van der Waals surface area (Å²) in [6.07, 6.45) is 0.881. The number of benzene rings is 1. The largest absolute Gasteiger partial charge is 0.497 e. The first kappa shape index (κ1) is 18.0. The van der Waals surface area contributed by atoms with E-state index in [1.54, 1.807) is 43.3 Å². The highest BCUT2D eigenvalue weighted by Gasteiger charge is 2.12. The molecule has 0 saturated carbocycles. The summed E-state index contributed by atoms with van der Waals surface area (Å²) in [7, 11) is 3.31. The minimum absolute atomic E-state index is 0.0777. The van der Waals surface area contributed by atoms with Gasteiger partial charge >= 0.3 is 0 Å². The van der Waals surface area contributed by atoms with Crippen LogP contribution in [0.4, 0.5) is 5.69 Å². The summed E-state index contributed by atoms with van der Waals surface area (Å²) in [5, 5.41) is 5.65. The fourth-order valence-corrected chi connectivity index (χ4v) is 1.87. The molecule has 0 aliphatic carbocycles. The summed E-state index contributed by atoms with van der Waals surface area (Å²) in [5.41, 5.74) is 0.668. The van der Waals surface area contributed by atoms with Crippen molar-refractivity contribution in [1.82, 2.24) is 10.2 Å². The van der Waals surface area contributed by atoms with Gasteiger partial charge in [0, 0.05) is 17.8 Å². The van der Waals surface area contributed by atoms with E-state index < -0.39 is 0 Å². The molecule has 0 heterocycles. The molecule has 0 fully saturated rings. The van der Waals surface area contributed by atoms with Crippen molar-refractivity contribution in [3.63, 3.8) is 0 Å². The molecule has 0 aromatic heterocycles. The van der Waals surface area contributed by atoms with Crippen LogP contribution in [0, 0.1) is 0 Å². The number of hydrogen-bond acceptors (Lipinski definition) is 4. The van der Waals surface area contributed by atoms with Gasteiger partial charge in [-0.2, -0.15) is 0 Å². The minimum atomic E-state index is -0.174.